The average Bonchev–Trinajstić information content (AvgIpc) is 2.81. The third-order valence-corrected chi connectivity index (χ3v) is 4.05. The molecule has 0 saturated carbocycles. The van der Waals surface area contributed by atoms with Gasteiger partial charge in [0.15, 0.2) is 0 Å². The van der Waals surface area contributed by atoms with Crippen LogP contribution in [0.4, 0.5) is 0 Å². The third-order valence-electron chi connectivity index (χ3n) is 3.15. The van der Waals surface area contributed by atoms with Crippen LogP contribution in [0.5, 0.6) is 0 Å². The lowest BCUT2D eigenvalue weighted by atomic mass is 10.2. The van der Waals surface area contributed by atoms with Crippen LogP contribution in [-0.2, 0) is 4.79 Å². The number of nitrogens with one attached hydrogen (secondary N) is 1. The average molecular weight is 353 g/mol. The van der Waals surface area contributed by atoms with Gasteiger partial charge in [0, 0.05) is 5.92 Å². The summed E-state index contributed by atoms with van der Waals surface area (Å²) >= 11 is 3.44. The van der Waals surface area contributed by atoms with E-state index < -0.39 is 0 Å². The zero-order valence-corrected chi connectivity index (χ0v) is 13.5. The lowest BCUT2D eigenvalue weighted by Gasteiger charge is -2.25. The maximum Gasteiger partial charge on any atom is 0.246 e. The Morgan fingerprint density at radius 2 is 2.43 bits per heavy atom. The standard InChI is InChI=1S/C14H17BrN4O2/c1-8(5-4-6-20)13(15)18-12-9(2)16-14-17-11(21)7-19(14)10(12)3/h4-5,8,20H,3,6-7H2,1-2H3,(H,16,17,21)/t8-/m1/s1. The number of halogens is 1. The molecule has 0 bridgehead atoms. The number of nitrogens with zero attached hydrogens (tertiary/aromatic N) is 3. The molecule has 0 aliphatic carbocycles. The summed E-state index contributed by atoms with van der Waals surface area (Å²) < 4.78 is 0.708. The minimum absolute atomic E-state index is 0.00569. The Morgan fingerprint density at radius 3 is 3.10 bits per heavy atom. The number of carbonyl (C=O) groups is 1. The van der Waals surface area contributed by atoms with Crippen LogP contribution in [0.2, 0.25) is 0 Å². The molecule has 0 aromatic carbocycles. The fourth-order valence-corrected chi connectivity index (χ4v) is 2.34. The van der Waals surface area contributed by atoms with E-state index in [2.05, 4.69) is 37.8 Å². The molecule has 0 unspecified atom stereocenters. The van der Waals surface area contributed by atoms with Crippen LogP contribution in [-0.4, -0.2) is 39.6 Å². The molecule has 0 spiro atoms. The molecule has 2 aliphatic rings. The maximum absolute atomic E-state index is 11.4. The first-order chi connectivity index (χ1) is 9.93. The molecule has 2 heterocycles. The van der Waals surface area contributed by atoms with Crippen molar-refractivity contribution in [3.8, 4) is 0 Å². The highest BCUT2D eigenvalue weighted by molar-refractivity contribution is 9.18. The van der Waals surface area contributed by atoms with Gasteiger partial charge in [0.2, 0.25) is 11.9 Å². The van der Waals surface area contributed by atoms with Gasteiger partial charge in [0.05, 0.1) is 22.6 Å². The highest BCUT2D eigenvalue weighted by Gasteiger charge is 2.32. The molecule has 6 nitrogen and oxygen atoms in total. The van der Waals surface area contributed by atoms with E-state index in [1.165, 1.54) is 0 Å². The van der Waals surface area contributed by atoms with E-state index in [-0.39, 0.29) is 25.0 Å². The second kappa shape index (κ2) is 6.36. The van der Waals surface area contributed by atoms with Crippen molar-refractivity contribution in [3.63, 3.8) is 0 Å². The first-order valence-electron chi connectivity index (χ1n) is 6.52. The van der Waals surface area contributed by atoms with Crippen LogP contribution in [0, 0.1) is 5.92 Å². The topological polar surface area (TPSA) is 77.3 Å². The monoisotopic (exact) mass is 352 g/mol. The summed E-state index contributed by atoms with van der Waals surface area (Å²) in [5.41, 5.74) is 1.99. The summed E-state index contributed by atoms with van der Waals surface area (Å²) in [5.74, 6) is 0.422. The number of allylic oxidation sites excluding steroid dienone is 2. The summed E-state index contributed by atoms with van der Waals surface area (Å²) in [7, 11) is 0. The normalized spacial score (nSPS) is 20.9. The molecule has 2 aliphatic heterocycles. The highest BCUT2D eigenvalue weighted by Crippen LogP contribution is 2.28. The maximum atomic E-state index is 11.4. The number of rotatable bonds is 4. The Kier molecular flexibility index (Phi) is 4.74. The van der Waals surface area contributed by atoms with E-state index >= 15 is 0 Å². The van der Waals surface area contributed by atoms with Gasteiger partial charge < -0.3 is 10.0 Å². The van der Waals surface area contributed by atoms with Gasteiger partial charge in [-0.1, -0.05) is 25.7 Å². The number of fused-ring (bicyclic) bond motifs is 1. The van der Waals surface area contributed by atoms with Crippen molar-refractivity contribution >= 4 is 32.4 Å². The van der Waals surface area contributed by atoms with Crippen molar-refractivity contribution in [1.82, 2.24) is 10.2 Å². The summed E-state index contributed by atoms with van der Waals surface area (Å²) in [5, 5.41) is 11.5. The first-order valence-corrected chi connectivity index (χ1v) is 7.31. The summed E-state index contributed by atoms with van der Waals surface area (Å²) in [6, 6.07) is 0. The predicted molar refractivity (Wildman–Crippen MR) is 85.9 cm³/mol. The van der Waals surface area contributed by atoms with E-state index in [9.17, 15) is 4.79 Å². The smallest absolute Gasteiger partial charge is 0.246 e. The number of hydrogen-bond donors (Lipinski definition) is 2. The zero-order valence-electron chi connectivity index (χ0n) is 11.9. The van der Waals surface area contributed by atoms with Crippen LogP contribution < -0.4 is 5.32 Å². The van der Waals surface area contributed by atoms with E-state index in [1.807, 2.05) is 19.9 Å². The number of hydrogen-bond acceptors (Lipinski definition) is 5. The van der Waals surface area contributed by atoms with Gasteiger partial charge in [0.25, 0.3) is 0 Å². The van der Waals surface area contributed by atoms with Crippen LogP contribution in [0.3, 0.4) is 0 Å². The van der Waals surface area contributed by atoms with Gasteiger partial charge in [-0.3, -0.25) is 10.1 Å². The Morgan fingerprint density at radius 1 is 1.71 bits per heavy atom. The Hall–Kier alpha value is -1.73. The van der Waals surface area contributed by atoms with Crippen LogP contribution in [0.25, 0.3) is 0 Å². The Labute approximate surface area is 131 Å². The van der Waals surface area contributed by atoms with E-state index in [0.717, 1.165) is 0 Å². The lowest BCUT2D eigenvalue weighted by molar-refractivity contribution is -0.118. The summed E-state index contributed by atoms with van der Waals surface area (Å²) in [4.78, 5) is 22.0. The van der Waals surface area contributed by atoms with Crippen molar-refractivity contribution in [1.29, 1.82) is 0 Å². The Balaban J connectivity index is 2.28. The zero-order chi connectivity index (χ0) is 15.6. The number of aliphatic hydroxyl groups is 1. The number of amides is 1. The molecule has 0 radical (unpaired) electrons. The van der Waals surface area contributed by atoms with Crippen molar-refractivity contribution < 1.29 is 9.90 Å². The molecular weight excluding hydrogens is 336 g/mol. The van der Waals surface area contributed by atoms with Crippen molar-refractivity contribution in [2.75, 3.05) is 13.2 Å². The number of carbonyl (C=O) groups excluding carboxylic acids is 1. The predicted octanol–water partition coefficient (Wildman–Crippen LogP) is 1.51. The largest absolute Gasteiger partial charge is 0.392 e. The molecule has 1 saturated heterocycles. The molecule has 0 aromatic rings. The highest BCUT2D eigenvalue weighted by atomic mass is 79.9. The van der Waals surface area contributed by atoms with Gasteiger partial charge in [-0.25, -0.2) is 9.98 Å². The Bertz CT molecular complexity index is 604. The third kappa shape index (κ3) is 3.30. The molecule has 0 aromatic heterocycles. The summed E-state index contributed by atoms with van der Waals surface area (Å²) in [6.07, 6.45) is 3.52. The van der Waals surface area contributed by atoms with Crippen LogP contribution in [0.15, 0.2) is 45.8 Å². The second-order valence-corrected chi connectivity index (χ2v) is 5.60. The quantitative estimate of drug-likeness (QED) is 0.594. The fraction of sp³-hybridized carbons (Fsp3) is 0.357. The molecule has 112 valence electrons. The number of aliphatic hydroxyl groups excluding tert-OH is 1. The van der Waals surface area contributed by atoms with Gasteiger partial charge in [-0.15, -0.1) is 0 Å². The molecule has 1 fully saturated rings. The number of guanidine groups is 1. The van der Waals surface area contributed by atoms with Gasteiger partial charge in [0.1, 0.15) is 12.2 Å². The van der Waals surface area contributed by atoms with E-state index in [4.69, 9.17) is 5.11 Å². The van der Waals surface area contributed by atoms with Crippen molar-refractivity contribution in [2.45, 2.75) is 13.8 Å². The van der Waals surface area contributed by atoms with Crippen LogP contribution >= 0.6 is 15.9 Å². The molecular formula is C14H17BrN4O2. The second-order valence-electron chi connectivity index (χ2n) is 4.78. The van der Waals surface area contributed by atoms with Gasteiger partial charge in [-0.05, 0) is 22.9 Å². The summed E-state index contributed by atoms with van der Waals surface area (Å²) in [6.45, 7) is 7.99. The van der Waals surface area contributed by atoms with E-state index in [1.54, 1.807) is 11.0 Å². The SMILES string of the molecule is C=C1C(N=C(Br)[C@H](C)C=CCO)=C(C)N=C2NC(=O)CN12. The van der Waals surface area contributed by atoms with Gasteiger partial charge in [-0.2, -0.15) is 0 Å². The fourth-order valence-electron chi connectivity index (χ4n) is 2.01. The van der Waals surface area contributed by atoms with Gasteiger partial charge >= 0.3 is 0 Å². The minimum atomic E-state index is -0.105. The first kappa shape index (κ1) is 15.7. The lowest BCUT2D eigenvalue weighted by Crippen LogP contribution is -2.32. The molecule has 2 rings (SSSR count). The molecule has 1 amide bonds. The molecule has 2 N–H and O–H groups in total. The minimum Gasteiger partial charge on any atom is -0.392 e. The van der Waals surface area contributed by atoms with Crippen LogP contribution in [0.1, 0.15) is 13.8 Å². The molecule has 21 heavy (non-hydrogen) atoms. The van der Waals surface area contributed by atoms with E-state index in [0.29, 0.717) is 27.7 Å². The number of aliphatic imine (C=N–C) groups is 2. The molecule has 7 heteroatoms. The van der Waals surface area contributed by atoms with Crippen molar-refractivity contribution in [3.05, 3.63) is 35.8 Å². The molecule has 1 atom stereocenters. The van der Waals surface area contributed by atoms with Crippen molar-refractivity contribution in [2.24, 2.45) is 15.9 Å².